The van der Waals surface area contributed by atoms with Gasteiger partial charge in [0.2, 0.25) is 0 Å². The summed E-state index contributed by atoms with van der Waals surface area (Å²) in [6.07, 6.45) is 2.03. The third-order valence-electron chi connectivity index (χ3n) is 5.49. The fraction of sp³-hybridized carbons (Fsp3) is 0.125. The molecule has 0 aliphatic carbocycles. The maximum atomic E-state index is 13.3. The van der Waals surface area contributed by atoms with Crippen molar-refractivity contribution < 1.29 is 9.53 Å². The quantitative estimate of drug-likeness (QED) is 0.556. The molecular weight excluding hydrogens is 348 g/mol. The molecule has 0 saturated carbocycles. The molecule has 0 spiro atoms. The normalized spacial score (nSPS) is 15.8. The van der Waals surface area contributed by atoms with Crippen LogP contribution in [0.5, 0.6) is 5.75 Å². The Hall–Kier alpha value is -3.53. The van der Waals surface area contributed by atoms with Gasteiger partial charge >= 0.3 is 0 Å². The molecule has 28 heavy (non-hydrogen) atoms. The molecule has 3 aromatic carbocycles. The predicted molar refractivity (Wildman–Crippen MR) is 109 cm³/mol. The third kappa shape index (κ3) is 2.57. The zero-order valence-corrected chi connectivity index (χ0v) is 15.6. The minimum Gasteiger partial charge on any atom is -0.497 e. The highest BCUT2D eigenvalue weighted by Gasteiger charge is 2.38. The summed E-state index contributed by atoms with van der Waals surface area (Å²) in [6.45, 7) is 0.543. The Kier molecular flexibility index (Phi) is 3.90. The molecule has 4 nitrogen and oxygen atoms in total. The number of H-pyrrole nitrogens is 1. The highest BCUT2D eigenvalue weighted by atomic mass is 16.5. The molecule has 138 valence electrons. The van der Waals surface area contributed by atoms with E-state index in [1.54, 1.807) is 7.11 Å². The standard InChI is InChI=1S/C24H20N2O2/c1-28-17-12-10-16(11-13-17)15-26-23(19-7-2-3-8-20(19)24(26)27)21-14-25-22-9-5-4-6-18(21)22/h2-14,23,25H,15H2,1H3. The highest BCUT2D eigenvalue weighted by Crippen LogP contribution is 2.41. The summed E-state index contributed by atoms with van der Waals surface area (Å²) in [4.78, 5) is 18.6. The van der Waals surface area contributed by atoms with Crippen molar-refractivity contribution in [3.05, 3.63) is 101 Å². The van der Waals surface area contributed by atoms with Gasteiger partial charge in [-0.1, -0.05) is 48.5 Å². The first-order valence-corrected chi connectivity index (χ1v) is 9.35. The molecule has 4 aromatic rings. The van der Waals surface area contributed by atoms with Crippen LogP contribution in [0.15, 0.2) is 79.0 Å². The van der Waals surface area contributed by atoms with Crippen molar-refractivity contribution in [2.75, 3.05) is 7.11 Å². The van der Waals surface area contributed by atoms with Gasteiger partial charge in [0.15, 0.2) is 0 Å². The van der Waals surface area contributed by atoms with Crippen LogP contribution in [0, 0.1) is 0 Å². The largest absolute Gasteiger partial charge is 0.497 e. The van der Waals surface area contributed by atoms with Crippen LogP contribution in [0.3, 0.4) is 0 Å². The van der Waals surface area contributed by atoms with Crippen molar-refractivity contribution in [3.8, 4) is 5.75 Å². The molecule has 5 rings (SSSR count). The van der Waals surface area contributed by atoms with Crippen LogP contribution in [0.1, 0.15) is 33.1 Å². The Bertz CT molecular complexity index is 1160. The fourth-order valence-electron chi connectivity index (χ4n) is 4.12. The predicted octanol–water partition coefficient (Wildman–Crippen LogP) is 4.92. The summed E-state index contributed by atoms with van der Waals surface area (Å²) in [7, 11) is 1.66. The maximum Gasteiger partial charge on any atom is 0.255 e. The molecule has 0 fully saturated rings. The van der Waals surface area contributed by atoms with E-state index in [0.29, 0.717) is 6.54 Å². The monoisotopic (exact) mass is 368 g/mol. The summed E-state index contributed by atoms with van der Waals surface area (Å²) in [5.41, 5.74) is 5.13. The first kappa shape index (κ1) is 16.6. The zero-order chi connectivity index (χ0) is 19.1. The molecule has 2 heterocycles. The van der Waals surface area contributed by atoms with Crippen LogP contribution in [-0.4, -0.2) is 22.9 Å². The number of rotatable bonds is 4. The summed E-state index contributed by atoms with van der Waals surface area (Å²) in [5, 5.41) is 1.15. The number of carbonyl (C=O) groups excluding carboxylic acids is 1. The lowest BCUT2D eigenvalue weighted by Crippen LogP contribution is -2.28. The Morgan fingerprint density at radius 3 is 2.50 bits per heavy atom. The summed E-state index contributed by atoms with van der Waals surface area (Å²) < 4.78 is 5.25. The van der Waals surface area contributed by atoms with E-state index in [1.165, 1.54) is 0 Å². The maximum absolute atomic E-state index is 13.3. The van der Waals surface area contributed by atoms with E-state index in [2.05, 4.69) is 23.2 Å². The molecule has 1 aliphatic heterocycles. The van der Waals surface area contributed by atoms with Crippen LogP contribution in [0.4, 0.5) is 0 Å². The van der Waals surface area contributed by atoms with Crippen LogP contribution in [0.25, 0.3) is 10.9 Å². The lowest BCUT2D eigenvalue weighted by atomic mass is 9.97. The molecule has 0 radical (unpaired) electrons. The second kappa shape index (κ2) is 6.57. The number of para-hydroxylation sites is 1. The minimum atomic E-state index is -0.109. The first-order valence-electron chi connectivity index (χ1n) is 9.35. The van der Waals surface area contributed by atoms with Crippen molar-refractivity contribution in [2.45, 2.75) is 12.6 Å². The molecule has 0 saturated heterocycles. The number of nitrogens with zero attached hydrogens (tertiary/aromatic N) is 1. The van der Waals surface area contributed by atoms with Crippen LogP contribution in [0.2, 0.25) is 0 Å². The number of nitrogens with one attached hydrogen (secondary N) is 1. The van der Waals surface area contributed by atoms with Gasteiger partial charge < -0.3 is 14.6 Å². The van der Waals surface area contributed by atoms with Gasteiger partial charge in [0.25, 0.3) is 5.91 Å². The SMILES string of the molecule is COc1ccc(CN2C(=O)c3ccccc3C2c2c[nH]c3ccccc23)cc1. The summed E-state index contributed by atoms with van der Waals surface area (Å²) >= 11 is 0. The van der Waals surface area contributed by atoms with Gasteiger partial charge in [-0.3, -0.25) is 4.79 Å². The molecule has 1 amide bonds. The number of aromatic nitrogens is 1. The number of methoxy groups -OCH3 is 1. The van der Waals surface area contributed by atoms with E-state index < -0.39 is 0 Å². The Balaban J connectivity index is 1.61. The van der Waals surface area contributed by atoms with Crippen LogP contribution < -0.4 is 4.74 Å². The van der Waals surface area contributed by atoms with E-state index in [9.17, 15) is 4.79 Å². The van der Waals surface area contributed by atoms with E-state index in [0.717, 1.165) is 38.9 Å². The number of aromatic amines is 1. The number of carbonyl (C=O) groups is 1. The van der Waals surface area contributed by atoms with Crippen LogP contribution in [-0.2, 0) is 6.54 Å². The minimum absolute atomic E-state index is 0.0710. The molecule has 1 aliphatic rings. The average molecular weight is 368 g/mol. The number of amides is 1. The number of benzene rings is 3. The molecule has 1 N–H and O–H groups in total. The highest BCUT2D eigenvalue weighted by molar-refractivity contribution is 6.00. The zero-order valence-electron chi connectivity index (χ0n) is 15.6. The van der Waals surface area contributed by atoms with Gasteiger partial charge in [-0.25, -0.2) is 0 Å². The van der Waals surface area contributed by atoms with Crippen molar-refractivity contribution in [1.82, 2.24) is 9.88 Å². The van der Waals surface area contributed by atoms with E-state index in [4.69, 9.17) is 4.74 Å². The number of ether oxygens (including phenoxy) is 1. The van der Waals surface area contributed by atoms with Gasteiger partial charge in [0.05, 0.1) is 13.2 Å². The Labute approximate surface area is 163 Å². The first-order chi connectivity index (χ1) is 13.8. The van der Waals surface area contributed by atoms with Gasteiger partial charge in [-0.05, 0) is 35.4 Å². The topological polar surface area (TPSA) is 45.3 Å². The third-order valence-corrected chi connectivity index (χ3v) is 5.49. The number of hydrogen-bond acceptors (Lipinski definition) is 2. The summed E-state index contributed by atoms with van der Waals surface area (Å²) in [5.74, 6) is 0.884. The second-order valence-electron chi connectivity index (χ2n) is 7.06. The van der Waals surface area contributed by atoms with Crippen LogP contribution >= 0.6 is 0 Å². The lowest BCUT2D eigenvalue weighted by Gasteiger charge is -2.25. The lowest BCUT2D eigenvalue weighted by molar-refractivity contribution is 0.0737. The Morgan fingerprint density at radius 2 is 1.68 bits per heavy atom. The van der Waals surface area contributed by atoms with Crippen molar-refractivity contribution in [3.63, 3.8) is 0 Å². The number of fused-ring (bicyclic) bond motifs is 2. The van der Waals surface area contributed by atoms with Crippen molar-refractivity contribution in [2.24, 2.45) is 0 Å². The molecule has 0 bridgehead atoms. The molecule has 1 unspecified atom stereocenters. The van der Waals surface area contributed by atoms with Crippen molar-refractivity contribution >= 4 is 16.8 Å². The summed E-state index contributed by atoms with van der Waals surface area (Å²) in [6, 6.07) is 23.9. The number of hydrogen-bond donors (Lipinski definition) is 1. The average Bonchev–Trinajstić information content (AvgIpc) is 3.28. The molecule has 1 atom stereocenters. The van der Waals surface area contributed by atoms with Gasteiger partial charge in [-0.15, -0.1) is 0 Å². The van der Waals surface area contributed by atoms with E-state index in [1.807, 2.05) is 65.7 Å². The molecule has 1 aromatic heterocycles. The molecular formula is C24H20N2O2. The van der Waals surface area contributed by atoms with Gasteiger partial charge in [0, 0.05) is 34.8 Å². The van der Waals surface area contributed by atoms with Gasteiger partial charge in [-0.2, -0.15) is 0 Å². The smallest absolute Gasteiger partial charge is 0.255 e. The molecule has 4 heteroatoms. The Morgan fingerprint density at radius 1 is 0.929 bits per heavy atom. The van der Waals surface area contributed by atoms with E-state index in [-0.39, 0.29) is 11.9 Å². The second-order valence-corrected chi connectivity index (χ2v) is 7.06. The van der Waals surface area contributed by atoms with Crippen molar-refractivity contribution in [1.29, 1.82) is 0 Å². The van der Waals surface area contributed by atoms with E-state index >= 15 is 0 Å². The van der Waals surface area contributed by atoms with Gasteiger partial charge in [0.1, 0.15) is 5.75 Å². The fourth-order valence-corrected chi connectivity index (χ4v) is 4.12.